The summed E-state index contributed by atoms with van der Waals surface area (Å²) in [7, 11) is 1.58. The number of carbonyl (C=O) groups excluding carboxylic acids is 1. The van der Waals surface area contributed by atoms with Gasteiger partial charge in [0.1, 0.15) is 5.75 Å². The van der Waals surface area contributed by atoms with Crippen LogP contribution in [-0.2, 0) is 0 Å². The molecule has 0 saturated heterocycles. The van der Waals surface area contributed by atoms with Crippen LogP contribution in [0.1, 0.15) is 42.5 Å². The quantitative estimate of drug-likeness (QED) is 0.802. The predicted molar refractivity (Wildman–Crippen MR) is 76.3 cm³/mol. The fourth-order valence-electron chi connectivity index (χ4n) is 2.66. The number of rotatable bonds is 5. The number of ether oxygens (including phenoxy) is 1. The number of anilines is 1. The molecule has 0 atom stereocenters. The number of methoxy groups -OCH3 is 1. The molecule has 0 unspecified atom stereocenters. The second-order valence-electron chi connectivity index (χ2n) is 5.15. The highest BCUT2D eigenvalue weighted by molar-refractivity contribution is 5.99. The monoisotopic (exact) mass is 262 g/mol. The maximum atomic E-state index is 12.0. The Morgan fingerprint density at radius 2 is 2.16 bits per heavy atom. The summed E-state index contributed by atoms with van der Waals surface area (Å²) in [6, 6.07) is 5.13. The van der Waals surface area contributed by atoms with Gasteiger partial charge in [0.15, 0.2) is 0 Å². The van der Waals surface area contributed by atoms with Gasteiger partial charge in [0.05, 0.1) is 12.7 Å². The molecule has 2 rings (SSSR count). The summed E-state index contributed by atoms with van der Waals surface area (Å²) >= 11 is 0. The van der Waals surface area contributed by atoms with Gasteiger partial charge in [-0.15, -0.1) is 0 Å². The van der Waals surface area contributed by atoms with E-state index in [1.54, 1.807) is 25.3 Å². The Labute approximate surface area is 114 Å². The average molecular weight is 262 g/mol. The Hall–Kier alpha value is -1.71. The molecule has 1 fully saturated rings. The fraction of sp³-hybridized carbons (Fsp3) is 0.533. The van der Waals surface area contributed by atoms with Crippen molar-refractivity contribution in [2.75, 3.05) is 19.4 Å². The van der Waals surface area contributed by atoms with Crippen LogP contribution in [0.25, 0.3) is 0 Å². The molecule has 104 valence electrons. The first-order chi connectivity index (χ1) is 9.20. The van der Waals surface area contributed by atoms with Gasteiger partial charge in [-0.1, -0.05) is 25.7 Å². The van der Waals surface area contributed by atoms with Crippen LogP contribution in [-0.4, -0.2) is 19.6 Å². The molecular formula is C15H22N2O2. The van der Waals surface area contributed by atoms with E-state index in [2.05, 4.69) is 5.32 Å². The van der Waals surface area contributed by atoms with Gasteiger partial charge >= 0.3 is 0 Å². The smallest absolute Gasteiger partial charge is 0.253 e. The van der Waals surface area contributed by atoms with Crippen molar-refractivity contribution >= 4 is 11.6 Å². The normalized spacial score (nSPS) is 15.4. The molecule has 3 N–H and O–H groups in total. The maximum Gasteiger partial charge on any atom is 0.253 e. The van der Waals surface area contributed by atoms with Gasteiger partial charge in [0.25, 0.3) is 5.91 Å². The molecule has 1 saturated carbocycles. The molecule has 1 amide bonds. The highest BCUT2D eigenvalue weighted by Gasteiger charge is 2.15. The summed E-state index contributed by atoms with van der Waals surface area (Å²) in [5.74, 6) is 1.35. The molecule has 0 aliphatic heterocycles. The summed E-state index contributed by atoms with van der Waals surface area (Å²) in [4.78, 5) is 12.0. The van der Waals surface area contributed by atoms with Crippen LogP contribution < -0.4 is 15.8 Å². The molecule has 0 heterocycles. The van der Waals surface area contributed by atoms with Gasteiger partial charge in [-0.05, 0) is 24.5 Å². The van der Waals surface area contributed by atoms with Crippen LogP contribution in [0.2, 0.25) is 0 Å². The van der Waals surface area contributed by atoms with E-state index in [-0.39, 0.29) is 5.91 Å². The second-order valence-corrected chi connectivity index (χ2v) is 5.15. The lowest BCUT2D eigenvalue weighted by molar-refractivity contribution is 0.0952. The molecule has 1 aromatic rings. The highest BCUT2D eigenvalue weighted by Crippen LogP contribution is 2.27. The van der Waals surface area contributed by atoms with Gasteiger partial charge in [0, 0.05) is 18.3 Å². The summed E-state index contributed by atoms with van der Waals surface area (Å²) in [6.45, 7) is 0.731. The summed E-state index contributed by atoms with van der Waals surface area (Å²) in [5, 5.41) is 2.94. The molecule has 1 aliphatic carbocycles. The zero-order valence-corrected chi connectivity index (χ0v) is 11.4. The summed E-state index contributed by atoms with van der Waals surface area (Å²) < 4.78 is 5.07. The van der Waals surface area contributed by atoms with Crippen molar-refractivity contribution in [3.63, 3.8) is 0 Å². The average Bonchev–Trinajstić information content (AvgIpc) is 2.91. The third-order valence-electron chi connectivity index (χ3n) is 3.82. The molecule has 0 radical (unpaired) electrons. The topological polar surface area (TPSA) is 64.3 Å². The van der Waals surface area contributed by atoms with Crippen molar-refractivity contribution in [3.8, 4) is 5.75 Å². The van der Waals surface area contributed by atoms with Crippen molar-refractivity contribution in [2.24, 2.45) is 5.92 Å². The molecule has 1 aliphatic rings. The Kier molecular flexibility index (Phi) is 4.66. The standard InChI is InChI=1S/C15H22N2O2/c1-19-12-6-7-13(14(16)10-12)15(18)17-9-8-11-4-2-3-5-11/h6-7,10-11H,2-5,8-9,16H2,1H3,(H,17,18). The minimum atomic E-state index is -0.0989. The highest BCUT2D eigenvalue weighted by atomic mass is 16.5. The first-order valence-corrected chi connectivity index (χ1v) is 6.92. The largest absolute Gasteiger partial charge is 0.497 e. The zero-order chi connectivity index (χ0) is 13.7. The molecule has 0 bridgehead atoms. The van der Waals surface area contributed by atoms with Crippen LogP contribution in [0, 0.1) is 5.92 Å². The second kappa shape index (κ2) is 6.45. The van der Waals surface area contributed by atoms with Crippen LogP contribution in [0.15, 0.2) is 18.2 Å². The number of nitrogen functional groups attached to an aromatic ring is 1. The number of nitrogens with one attached hydrogen (secondary N) is 1. The Morgan fingerprint density at radius 1 is 1.42 bits per heavy atom. The lowest BCUT2D eigenvalue weighted by Crippen LogP contribution is -2.26. The summed E-state index contributed by atoms with van der Waals surface area (Å²) in [6.07, 6.45) is 6.36. The first kappa shape index (κ1) is 13.7. The SMILES string of the molecule is COc1ccc(C(=O)NCCC2CCCC2)c(N)c1. The minimum Gasteiger partial charge on any atom is -0.497 e. The van der Waals surface area contributed by atoms with Gasteiger partial charge < -0.3 is 15.8 Å². The Morgan fingerprint density at radius 3 is 2.79 bits per heavy atom. The van der Waals surface area contributed by atoms with Crippen molar-refractivity contribution in [2.45, 2.75) is 32.1 Å². The molecule has 19 heavy (non-hydrogen) atoms. The lowest BCUT2D eigenvalue weighted by atomic mass is 10.0. The number of nitrogens with two attached hydrogens (primary N) is 1. The van der Waals surface area contributed by atoms with E-state index in [1.807, 2.05) is 0 Å². The van der Waals surface area contributed by atoms with E-state index in [9.17, 15) is 4.79 Å². The van der Waals surface area contributed by atoms with Gasteiger partial charge in [-0.3, -0.25) is 4.79 Å². The first-order valence-electron chi connectivity index (χ1n) is 6.92. The summed E-state index contributed by atoms with van der Waals surface area (Å²) in [5.41, 5.74) is 6.83. The lowest BCUT2D eigenvalue weighted by Gasteiger charge is -2.11. The van der Waals surface area contributed by atoms with E-state index in [0.717, 1.165) is 18.9 Å². The predicted octanol–water partition coefficient (Wildman–Crippen LogP) is 2.59. The molecular weight excluding hydrogens is 240 g/mol. The molecule has 4 nitrogen and oxygen atoms in total. The van der Waals surface area contributed by atoms with Crippen LogP contribution in [0.3, 0.4) is 0 Å². The molecule has 0 aromatic heterocycles. The number of benzene rings is 1. The van der Waals surface area contributed by atoms with Crippen LogP contribution in [0.4, 0.5) is 5.69 Å². The number of amides is 1. The zero-order valence-electron chi connectivity index (χ0n) is 11.4. The van der Waals surface area contributed by atoms with Gasteiger partial charge in [-0.2, -0.15) is 0 Å². The fourth-order valence-corrected chi connectivity index (χ4v) is 2.66. The van der Waals surface area contributed by atoms with Gasteiger partial charge in [-0.25, -0.2) is 0 Å². The van der Waals surface area contributed by atoms with Crippen LogP contribution in [0.5, 0.6) is 5.75 Å². The van der Waals surface area contributed by atoms with Crippen molar-refractivity contribution in [1.82, 2.24) is 5.32 Å². The Bertz CT molecular complexity index is 440. The minimum absolute atomic E-state index is 0.0989. The molecule has 1 aromatic carbocycles. The van der Waals surface area contributed by atoms with E-state index in [0.29, 0.717) is 17.0 Å². The van der Waals surface area contributed by atoms with E-state index in [1.165, 1.54) is 25.7 Å². The number of hydrogen-bond donors (Lipinski definition) is 2. The third-order valence-corrected chi connectivity index (χ3v) is 3.82. The number of hydrogen-bond acceptors (Lipinski definition) is 3. The molecule has 0 spiro atoms. The molecule has 4 heteroatoms. The van der Waals surface area contributed by atoms with Crippen molar-refractivity contribution < 1.29 is 9.53 Å². The third kappa shape index (κ3) is 3.63. The van der Waals surface area contributed by atoms with Gasteiger partial charge in [0.2, 0.25) is 0 Å². The van der Waals surface area contributed by atoms with E-state index in [4.69, 9.17) is 10.5 Å². The van der Waals surface area contributed by atoms with Crippen molar-refractivity contribution in [1.29, 1.82) is 0 Å². The Balaban J connectivity index is 1.85. The maximum absolute atomic E-state index is 12.0. The van der Waals surface area contributed by atoms with Crippen LogP contribution >= 0.6 is 0 Å². The van der Waals surface area contributed by atoms with E-state index >= 15 is 0 Å². The van der Waals surface area contributed by atoms with E-state index < -0.39 is 0 Å². The van der Waals surface area contributed by atoms with Crippen molar-refractivity contribution in [3.05, 3.63) is 23.8 Å². The number of carbonyl (C=O) groups is 1.